The van der Waals surface area contributed by atoms with Crippen LogP contribution in [0.15, 0.2) is 6.20 Å². The molecule has 1 saturated heterocycles. The summed E-state index contributed by atoms with van der Waals surface area (Å²) >= 11 is 0. The fourth-order valence-electron chi connectivity index (χ4n) is 5.06. The second-order valence-electron chi connectivity index (χ2n) is 9.28. The number of morpholine rings is 1. The highest BCUT2D eigenvalue weighted by Crippen LogP contribution is 2.55. The van der Waals surface area contributed by atoms with Gasteiger partial charge >= 0.3 is 0 Å². The Bertz CT molecular complexity index is 618. The Balaban J connectivity index is 1.67. The maximum atomic E-state index is 12.6. The third kappa shape index (κ3) is 3.53. The largest absolute Gasteiger partial charge is 0.378 e. The highest BCUT2D eigenvalue weighted by atomic mass is 16.5. The van der Waals surface area contributed by atoms with Crippen molar-refractivity contribution in [2.45, 2.75) is 66.3 Å². The van der Waals surface area contributed by atoms with E-state index in [9.17, 15) is 4.79 Å². The molecule has 0 bridgehead atoms. The summed E-state index contributed by atoms with van der Waals surface area (Å²) in [4.78, 5) is 14.4. The molecule has 0 aromatic carbocycles. The van der Waals surface area contributed by atoms with Crippen LogP contribution in [0.1, 0.15) is 76.8 Å². The zero-order valence-corrected chi connectivity index (χ0v) is 17.0. The van der Waals surface area contributed by atoms with Gasteiger partial charge in [-0.1, -0.05) is 39.8 Å². The Morgan fingerprint density at radius 1 is 1.23 bits per heavy atom. The molecule has 146 valence electrons. The van der Waals surface area contributed by atoms with Crippen molar-refractivity contribution in [3.05, 3.63) is 11.9 Å². The van der Waals surface area contributed by atoms with Crippen LogP contribution in [-0.2, 0) is 4.74 Å². The molecule has 6 nitrogen and oxygen atoms in total. The fraction of sp³-hybridized carbons (Fsp3) is 0.850. The quantitative estimate of drug-likeness (QED) is 0.825. The zero-order valence-electron chi connectivity index (χ0n) is 17.0. The van der Waals surface area contributed by atoms with Gasteiger partial charge in [0, 0.05) is 13.1 Å². The van der Waals surface area contributed by atoms with Gasteiger partial charge in [-0.15, -0.1) is 5.10 Å². The van der Waals surface area contributed by atoms with Gasteiger partial charge in [0.2, 0.25) is 0 Å². The molecule has 0 spiro atoms. The van der Waals surface area contributed by atoms with Gasteiger partial charge in [0.1, 0.15) is 0 Å². The maximum Gasteiger partial charge on any atom is 0.276 e. The van der Waals surface area contributed by atoms with Crippen LogP contribution >= 0.6 is 0 Å². The van der Waals surface area contributed by atoms with Crippen molar-refractivity contribution in [1.82, 2.24) is 19.9 Å². The molecule has 2 heterocycles. The topological polar surface area (TPSA) is 60.2 Å². The molecule has 0 unspecified atom stereocenters. The van der Waals surface area contributed by atoms with Gasteiger partial charge in [0.05, 0.1) is 25.5 Å². The molecule has 1 aromatic rings. The first-order chi connectivity index (χ1) is 12.2. The van der Waals surface area contributed by atoms with E-state index in [1.165, 1.54) is 12.8 Å². The Morgan fingerprint density at radius 3 is 2.38 bits per heavy atom. The maximum absolute atomic E-state index is 12.6. The summed E-state index contributed by atoms with van der Waals surface area (Å²) in [5, 5.41) is 8.47. The number of nitrogens with zero attached hydrogens (tertiary/aromatic N) is 4. The van der Waals surface area contributed by atoms with E-state index in [1.54, 1.807) is 0 Å². The van der Waals surface area contributed by atoms with Gasteiger partial charge in [0.15, 0.2) is 5.69 Å². The molecule has 2 aliphatic rings. The van der Waals surface area contributed by atoms with Crippen LogP contribution in [0.25, 0.3) is 0 Å². The molecule has 1 saturated carbocycles. The number of carbonyl (C=O) groups is 1. The summed E-state index contributed by atoms with van der Waals surface area (Å²) < 4.78 is 7.25. The number of amides is 1. The van der Waals surface area contributed by atoms with Gasteiger partial charge < -0.3 is 9.64 Å². The first-order valence-corrected chi connectivity index (χ1v) is 10.0. The summed E-state index contributed by atoms with van der Waals surface area (Å²) in [5.74, 6) is 0.638. The number of hydrogen-bond donors (Lipinski definition) is 0. The summed E-state index contributed by atoms with van der Waals surface area (Å²) in [6, 6.07) is 0.350. The zero-order chi connectivity index (χ0) is 18.9. The molecule has 26 heavy (non-hydrogen) atoms. The van der Waals surface area contributed by atoms with Crippen LogP contribution in [0.4, 0.5) is 0 Å². The average Bonchev–Trinajstić information content (AvgIpc) is 3.11. The highest BCUT2D eigenvalue weighted by molar-refractivity contribution is 5.92. The van der Waals surface area contributed by atoms with Crippen molar-refractivity contribution >= 4 is 5.91 Å². The summed E-state index contributed by atoms with van der Waals surface area (Å²) in [6.07, 6.45) is 6.45. The van der Waals surface area contributed by atoms with Crippen LogP contribution < -0.4 is 0 Å². The third-order valence-electron chi connectivity index (χ3n) is 6.85. The van der Waals surface area contributed by atoms with Gasteiger partial charge in [-0.25, -0.2) is 4.68 Å². The Morgan fingerprint density at radius 2 is 1.85 bits per heavy atom. The second-order valence-corrected chi connectivity index (χ2v) is 9.28. The smallest absolute Gasteiger partial charge is 0.276 e. The molecule has 1 aliphatic heterocycles. The molecule has 0 N–H and O–H groups in total. The Labute approximate surface area is 157 Å². The lowest BCUT2D eigenvalue weighted by Gasteiger charge is -2.52. The lowest BCUT2D eigenvalue weighted by atomic mass is 9.54. The summed E-state index contributed by atoms with van der Waals surface area (Å²) in [7, 11) is 0. The summed E-state index contributed by atoms with van der Waals surface area (Å²) in [6.45, 7) is 14.3. The molecule has 2 fully saturated rings. The van der Waals surface area contributed by atoms with Gasteiger partial charge in [-0.2, -0.15) is 0 Å². The first-order valence-electron chi connectivity index (χ1n) is 10.0. The minimum absolute atomic E-state index is 0.0263. The van der Waals surface area contributed by atoms with Crippen molar-refractivity contribution in [3.63, 3.8) is 0 Å². The Kier molecular flexibility index (Phi) is 5.42. The minimum Gasteiger partial charge on any atom is -0.378 e. The highest BCUT2D eigenvalue weighted by Gasteiger charge is 2.46. The molecule has 6 heteroatoms. The number of carbonyl (C=O) groups excluding carboxylic acids is 1. The van der Waals surface area contributed by atoms with Crippen LogP contribution in [0, 0.1) is 16.7 Å². The van der Waals surface area contributed by atoms with Crippen molar-refractivity contribution in [3.8, 4) is 0 Å². The normalized spacial score (nSPS) is 27.8. The van der Waals surface area contributed by atoms with E-state index in [0.717, 1.165) is 12.8 Å². The molecule has 0 radical (unpaired) electrons. The van der Waals surface area contributed by atoms with Gasteiger partial charge in [-0.05, 0) is 42.4 Å². The molecule has 0 atom stereocenters. The molecule has 1 aromatic heterocycles. The van der Waals surface area contributed by atoms with E-state index in [0.29, 0.717) is 54.8 Å². The van der Waals surface area contributed by atoms with Crippen molar-refractivity contribution in [1.29, 1.82) is 0 Å². The van der Waals surface area contributed by atoms with Crippen LogP contribution in [0.2, 0.25) is 0 Å². The predicted octanol–water partition coefficient (Wildman–Crippen LogP) is 3.55. The molecule has 1 aliphatic carbocycles. The SMILES string of the molecule is CC(C)C1(C(C)(C)C)CCC(n2cc(C(=O)N3CCOCC3)nn2)CC1. The van der Waals surface area contributed by atoms with Crippen LogP contribution in [0.3, 0.4) is 0 Å². The van der Waals surface area contributed by atoms with E-state index in [-0.39, 0.29) is 5.91 Å². The van der Waals surface area contributed by atoms with Crippen molar-refractivity contribution in [2.75, 3.05) is 26.3 Å². The Hall–Kier alpha value is -1.43. The predicted molar refractivity (Wildman–Crippen MR) is 101 cm³/mol. The fourth-order valence-corrected chi connectivity index (χ4v) is 5.06. The molecule has 1 amide bonds. The van der Waals surface area contributed by atoms with E-state index < -0.39 is 0 Å². The lowest BCUT2D eigenvalue weighted by molar-refractivity contribution is -0.0218. The molecule has 3 rings (SSSR count). The van der Waals surface area contributed by atoms with E-state index >= 15 is 0 Å². The van der Waals surface area contributed by atoms with Gasteiger partial charge in [-0.3, -0.25) is 4.79 Å². The molecular weight excluding hydrogens is 328 g/mol. The summed E-state index contributed by atoms with van der Waals surface area (Å²) in [5.41, 5.74) is 1.13. The third-order valence-corrected chi connectivity index (χ3v) is 6.85. The van der Waals surface area contributed by atoms with Gasteiger partial charge in [0.25, 0.3) is 5.91 Å². The monoisotopic (exact) mass is 362 g/mol. The van der Waals surface area contributed by atoms with Crippen LogP contribution in [-0.4, -0.2) is 52.1 Å². The molecular formula is C20H34N4O2. The van der Waals surface area contributed by atoms with Crippen LogP contribution in [0.5, 0.6) is 0 Å². The first kappa shape index (κ1) is 19.3. The number of hydrogen-bond acceptors (Lipinski definition) is 4. The average molecular weight is 363 g/mol. The van der Waals surface area contributed by atoms with E-state index in [2.05, 4.69) is 44.9 Å². The number of rotatable bonds is 3. The van der Waals surface area contributed by atoms with Crippen molar-refractivity contribution in [2.24, 2.45) is 16.7 Å². The lowest BCUT2D eigenvalue weighted by Crippen LogP contribution is -2.43. The minimum atomic E-state index is -0.0263. The van der Waals surface area contributed by atoms with E-state index in [4.69, 9.17) is 4.74 Å². The number of ether oxygens (including phenoxy) is 1. The second kappa shape index (κ2) is 7.29. The number of aromatic nitrogens is 3. The van der Waals surface area contributed by atoms with E-state index in [1.807, 2.05) is 15.8 Å². The van der Waals surface area contributed by atoms with Crippen molar-refractivity contribution < 1.29 is 9.53 Å². The standard InChI is InChI=1S/C20H34N4O2/c1-15(2)20(19(3,4)5)8-6-16(7-9-20)24-14-17(21-22-24)18(25)23-10-12-26-13-11-23/h14-16H,6-13H2,1-5H3.